The first-order valence-electron chi connectivity index (χ1n) is 3.82. The zero-order valence-electron chi connectivity index (χ0n) is 7.22. The van der Waals surface area contributed by atoms with Gasteiger partial charge in [-0.2, -0.15) is 0 Å². The molecule has 0 radical (unpaired) electrons. The number of hydrogen-bond acceptors (Lipinski definition) is 2. The van der Waals surface area contributed by atoms with Crippen molar-refractivity contribution in [1.29, 1.82) is 0 Å². The molecule has 1 aliphatic heterocycles. The molecule has 0 aromatic heterocycles. The predicted octanol–water partition coefficient (Wildman–Crippen LogP) is 1.61. The minimum atomic E-state index is 0. The smallest absolute Gasteiger partial charge is 0.147 e. The van der Waals surface area contributed by atoms with Gasteiger partial charge in [0.25, 0.3) is 0 Å². The van der Waals surface area contributed by atoms with E-state index in [1.807, 2.05) is 12.2 Å². The minimum Gasteiger partial charge on any atom is -0.147 e. The number of halogens is 1. The molecular formula is C9H13ClCuN2. The van der Waals surface area contributed by atoms with E-state index in [0.717, 1.165) is 18.6 Å². The Hall–Kier alpha value is -0.211. The van der Waals surface area contributed by atoms with E-state index in [1.54, 1.807) is 0 Å². The van der Waals surface area contributed by atoms with E-state index < -0.39 is 0 Å². The summed E-state index contributed by atoms with van der Waals surface area (Å²) in [5, 5.41) is 3.09. The molecule has 1 heterocycles. The Bertz CT molecular complexity index is 248. The summed E-state index contributed by atoms with van der Waals surface area (Å²) in [6, 6.07) is 0.238. The van der Waals surface area contributed by atoms with Gasteiger partial charge in [0, 0.05) is 0 Å². The first-order valence-corrected chi connectivity index (χ1v) is 4.29. The van der Waals surface area contributed by atoms with Crippen LogP contribution in [0.1, 0.15) is 12.8 Å². The Balaban J connectivity index is 0.00000144. The van der Waals surface area contributed by atoms with Crippen LogP contribution in [0.25, 0.3) is 0 Å². The summed E-state index contributed by atoms with van der Waals surface area (Å²) in [6.45, 7) is 7.34. The number of rotatable bonds is 4. The monoisotopic (exact) mass is 247 g/mol. The van der Waals surface area contributed by atoms with Gasteiger partial charge in [0.2, 0.25) is 0 Å². The number of nitrogens with one attached hydrogen (secondary N) is 1. The average Bonchev–Trinajstić information content (AvgIpc) is 2.33. The van der Waals surface area contributed by atoms with Gasteiger partial charge in [0.05, 0.1) is 0 Å². The maximum atomic E-state index is 5.08. The number of allylic oxidation sites excluding steroid dienone is 1. The van der Waals surface area contributed by atoms with E-state index in [1.165, 1.54) is 0 Å². The molecule has 77 valence electrons. The van der Waals surface area contributed by atoms with Gasteiger partial charge in [-0.15, -0.1) is 12.4 Å². The molecule has 1 unspecified atom stereocenters. The molecule has 13 heavy (non-hydrogen) atoms. The van der Waals surface area contributed by atoms with Crippen molar-refractivity contribution in [3.8, 4) is 0 Å². The molecule has 0 aromatic carbocycles. The summed E-state index contributed by atoms with van der Waals surface area (Å²) >= 11 is 5.08. The molecule has 1 rings (SSSR count). The fraction of sp³-hybridized carbons (Fsp3) is 0.333. The number of aliphatic imine (C=N–C) groups is 1. The largest absolute Gasteiger partial charge is 0.147 e. The van der Waals surface area contributed by atoms with Crippen LogP contribution in [-0.4, -0.2) is 16.4 Å². The van der Waals surface area contributed by atoms with Crippen molar-refractivity contribution in [3.63, 3.8) is 0 Å². The summed E-state index contributed by atoms with van der Waals surface area (Å²) in [4.78, 5) is 4.19. The van der Waals surface area contributed by atoms with Gasteiger partial charge in [-0.05, 0) is 0 Å². The van der Waals surface area contributed by atoms with Crippen LogP contribution >= 0.6 is 12.4 Å². The summed E-state index contributed by atoms with van der Waals surface area (Å²) in [5.74, 6) is 0. The van der Waals surface area contributed by atoms with Gasteiger partial charge < -0.3 is 0 Å². The number of hydrogen-bond donors (Lipinski definition) is 1. The summed E-state index contributed by atoms with van der Waals surface area (Å²) in [5.41, 5.74) is 1.06. The van der Waals surface area contributed by atoms with Gasteiger partial charge in [-0.25, -0.2) is 0 Å². The Kier molecular flexibility index (Phi) is 6.17. The Morgan fingerprint density at radius 1 is 1.46 bits per heavy atom. The fourth-order valence-electron chi connectivity index (χ4n) is 1.14. The molecule has 0 bridgehead atoms. The van der Waals surface area contributed by atoms with Gasteiger partial charge in [-0.1, -0.05) is 0 Å². The van der Waals surface area contributed by atoms with Crippen molar-refractivity contribution in [2.75, 3.05) is 0 Å². The molecule has 0 saturated heterocycles. The first-order chi connectivity index (χ1) is 5.77. The predicted molar refractivity (Wildman–Crippen MR) is 56.2 cm³/mol. The third kappa shape index (κ3) is 3.57. The molecule has 4 heteroatoms. The molecule has 0 amide bonds. The third-order valence-corrected chi connectivity index (χ3v) is 1.91. The van der Waals surface area contributed by atoms with Gasteiger partial charge in [-0.3, -0.25) is 0 Å². The van der Waals surface area contributed by atoms with Crippen LogP contribution in [0.15, 0.2) is 30.3 Å². The van der Waals surface area contributed by atoms with Crippen LogP contribution in [-0.2, 0) is 15.6 Å². The topological polar surface area (TPSA) is 24.4 Å². The van der Waals surface area contributed by atoms with Crippen molar-refractivity contribution >= 4 is 22.8 Å². The molecule has 0 fully saturated rings. The summed E-state index contributed by atoms with van der Waals surface area (Å²) < 4.78 is 0.561. The maximum absolute atomic E-state index is 5.08. The second-order valence-electron chi connectivity index (χ2n) is 2.57. The zero-order chi connectivity index (χ0) is 8.97. The first kappa shape index (κ1) is 12.8. The second-order valence-corrected chi connectivity index (χ2v) is 3.02. The third-order valence-electron chi connectivity index (χ3n) is 1.67. The molecule has 1 aliphatic rings. The molecule has 2 nitrogen and oxygen atoms in total. The molecule has 1 N–H and O–H groups in total. The molecule has 0 spiro atoms. The fourth-order valence-corrected chi connectivity index (χ4v) is 1.44. The van der Waals surface area contributed by atoms with E-state index in [4.69, 9.17) is 15.6 Å². The molecule has 0 aromatic rings. The van der Waals surface area contributed by atoms with Crippen LogP contribution in [0, 0.1) is 0 Å². The van der Waals surface area contributed by atoms with Crippen molar-refractivity contribution in [3.05, 3.63) is 25.3 Å². The Labute approximate surface area is 93.0 Å². The quantitative estimate of drug-likeness (QED) is 0.593. The Morgan fingerprint density at radius 3 is 2.69 bits per heavy atom. The van der Waals surface area contributed by atoms with Crippen molar-refractivity contribution < 1.29 is 15.6 Å². The van der Waals surface area contributed by atoms with E-state index >= 15 is 0 Å². The van der Waals surface area contributed by atoms with E-state index in [0.29, 0.717) is 4.67 Å². The van der Waals surface area contributed by atoms with Gasteiger partial charge in [0.1, 0.15) is 0 Å². The summed E-state index contributed by atoms with van der Waals surface area (Å²) in [6.07, 6.45) is 5.36. The van der Waals surface area contributed by atoms with E-state index in [9.17, 15) is 0 Å². The average molecular weight is 248 g/mol. The van der Waals surface area contributed by atoms with Crippen LogP contribution < -0.4 is 5.32 Å². The Morgan fingerprint density at radius 2 is 2.15 bits per heavy atom. The van der Waals surface area contributed by atoms with Crippen LogP contribution in [0.5, 0.6) is 0 Å². The maximum Gasteiger partial charge on any atom is -0.147 e. The molecule has 0 aliphatic carbocycles. The van der Waals surface area contributed by atoms with Crippen molar-refractivity contribution in [2.24, 2.45) is 4.99 Å². The molecular weight excluding hydrogens is 235 g/mol. The van der Waals surface area contributed by atoms with Crippen LogP contribution in [0.4, 0.5) is 0 Å². The van der Waals surface area contributed by atoms with Crippen LogP contribution in [0.2, 0.25) is 0 Å². The second kappa shape index (κ2) is 6.27. The van der Waals surface area contributed by atoms with E-state index in [2.05, 4.69) is 23.5 Å². The molecule has 0 saturated carbocycles. The van der Waals surface area contributed by atoms with E-state index in [-0.39, 0.29) is 18.4 Å². The van der Waals surface area contributed by atoms with Gasteiger partial charge >= 0.3 is 80.5 Å². The zero-order valence-corrected chi connectivity index (χ0v) is 8.98. The minimum absolute atomic E-state index is 0. The van der Waals surface area contributed by atoms with Gasteiger partial charge in [0.15, 0.2) is 0 Å². The molecule has 1 atom stereocenters. The standard InChI is InChI=1S/C9H12N2.ClH.Cu/c1-3-5-8-9(6-4-2)11-7-10-8;;/h3-4,8,10H,1-2,5-6H2;1H;. The number of nitrogens with zero attached hydrogens (tertiary/aromatic N) is 1. The van der Waals surface area contributed by atoms with Crippen LogP contribution in [0.3, 0.4) is 0 Å². The normalized spacial score (nSPS) is 20.6. The van der Waals surface area contributed by atoms with Crippen molar-refractivity contribution in [1.82, 2.24) is 5.32 Å². The summed E-state index contributed by atoms with van der Waals surface area (Å²) in [7, 11) is 0. The SMILES string of the molecule is C=CCC1=N[C](=[Cu])NC1CC=C.Cl. The van der Waals surface area contributed by atoms with Crippen molar-refractivity contribution in [2.45, 2.75) is 18.9 Å².